The molecule has 0 aromatic heterocycles. The molecule has 0 bridgehead atoms. The lowest BCUT2D eigenvalue weighted by atomic mass is 9.77. The van der Waals surface area contributed by atoms with E-state index < -0.39 is 34.4 Å². The zero-order valence-corrected chi connectivity index (χ0v) is 27.1. The molecule has 0 saturated carbocycles. The molecule has 2 aliphatic heterocycles. The molecular weight excluding hydrogens is 598 g/mol. The van der Waals surface area contributed by atoms with E-state index in [9.17, 15) is 25.0 Å². The molecule has 0 radical (unpaired) electrons. The molecule has 2 heterocycles. The molecule has 1 fully saturated rings. The van der Waals surface area contributed by atoms with E-state index in [0.717, 1.165) is 0 Å². The Hall–Kier alpha value is -4.57. The van der Waals surface area contributed by atoms with E-state index in [-0.39, 0.29) is 29.1 Å². The minimum absolute atomic E-state index is 0.0670. The number of nitro groups is 1. The van der Waals surface area contributed by atoms with Crippen molar-refractivity contribution in [1.82, 2.24) is 4.90 Å². The molecule has 0 aliphatic carbocycles. The average Bonchev–Trinajstić information content (AvgIpc) is 3.02. The summed E-state index contributed by atoms with van der Waals surface area (Å²) in [7, 11) is 1.54. The standard InChI is InChI=1S/C32H37N5O7S/c1-7-43-30(38)27-26(24(19-33)29(45-6)34-28(27)20-8-11-22(42-5)12-9-20)23-13-10-21(18-25(23)37(40)41)35-14-16-36(17-15-35)31(39)44-32(2,3)4/h8-13,18,24,26H,7,14-17H2,1-6H3. The Labute approximate surface area is 266 Å². The number of rotatable bonds is 7. The second kappa shape index (κ2) is 14.0. The van der Waals surface area contributed by atoms with Gasteiger partial charge in [0.05, 0.1) is 41.0 Å². The maximum absolute atomic E-state index is 13.6. The van der Waals surface area contributed by atoms with Crippen LogP contribution in [0.4, 0.5) is 16.2 Å². The van der Waals surface area contributed by atoms with E-state index in [0.29, 0.717) is 48.2 Å². The summed E-state index contributed by atoms with van der Waals surface area (Å²) in [4.78, 5) is 46.5. The van der Waals surface area contributed by atoms with Crippen LogP contribution in [0.2, 0.25) is 0 Å². The number of methoxy groups -OCH3 is 1. The van der Waals surface area contributed by atoms with Crippen molar-refractivity contribution in [2.75, 3.05) is 51.1 Å². The second-order valence-corrected chi connectivity index (χ2v) is 12.2. The van der Waals surface area contributed by atoms with E-state index in [1.54, 1.807) is 61.6 Å². The first-order valence-electron chi connectivity index (χ1n) is 14.5. The average molecular weight is 636 g/mol. The molecule has 2 aliphatic rings. The minimum Gasteiger partial charge on any atom is -0.497 e. The number of thioether (sulfide) groups is 1. The van der Waals surface area contributed by atoms with Crippen LogP contribution < -0.4 is 9.64 Å². The summed E-state index contributed by atoms with van der Waals surface area (Å²) in [5.74, 6) is -2.09. The fourth-order valence-corrected chi connectivity index (χ4v) is 5.98. The second-order valence-electron chi connectivity index (χ2n) is 11.4. The normalized spacial score (nSPS) is 18.6. The Morgan fingerprint density at radius 1 is 1.13 bits per heavy atom. The van der Waals surface area contributed by atoms with Gasteiger partial charge in [0.25, 0.3) is 5.69 Å². The summed E-state index contributed by atoms with van der Waals surface area (Å²) in [5.41, 5.74) is 0.893. The molecule has 2 atom stereocenters. The monoisotopic (exact) mass is 635 g/mol. The Balaban J connectivity index is 1.78. The van der Waals surface area contributed by atoms with Crippen molar-refractivity contribution in [3.05, 3.63) is 69.3 Å². The molecule has 238 valence electrons. The number of benzene rings is 2. The first kappa shape index (κ1) is 33.3. The Kier molecular flexibility index (Phi) is 10.4. The molecular formula is C32H37N5O7S. The first-order chi connectivity index (χ1) is 21.4. The number of nitriles is 1. The van der Waals surface area contributed by atoms with Crippen molar-refractivity contribution in [2.24, 2.45) is 10.9 Å². The van der Waals surface area contributed by atoms with E-state index in [1.165, 1.54) is 17.8 Å². The highest BCUT2D eigenvalue weighted by Gasteiger charge is 2.43. The first-order valence-corrected chi connectivity index (χ1v) is 15.7. The van der Waals surface area contributed by atoms with Crippen LogP contribution in [0.5, 0.6) is 5.75 Å². The van der Waals surface area contributed by atoms with Gasteiger partial charge in [-0.2, -0.15) is 5.26 Å². The van der Waals surface area contributed by atoms with E-state index in [1.807, 2.05) is 25.7 Å². The third-order valence-corrected chi connectivity index (χ3v) is 8.20. The van der Waals surface area contributed by atoms with Gasteiger partial charge in [-0.3, -0.25) is 10.1 Å². The van der Waals surface area contributed by atoms with Crippen LogP contribution in [-0.4, -0.2) is 78.7 Å². The van der Waals surface area contributed by atoms with Crippen LogP contribution >= 0.6 is 11.8 Å². The van der Waals surface area contributed by atoms with Gasteiger partial charge in [0.2, 0.25) is 0 Å². The van der Waals surface area contributed by atoms with Crippen LogP contribution in [0.1, 0.15) is 44.7 Å². The molecule has 2 aromatic rings. The third kappa shape index (κ3) is 7.39. The fraction of sp³-hybridized carbons (Fsp3) is 0.438. The van der Waals surface area contributed by atoms with Crippen LogP contribution in [-0.2, 0) is 14.3 Å². The number of nitrogens with zero attached hydrogens (tertiary/aromatic N) is 5. The smallest absolute Gasteiger partial charge is 0.410 e. The van der Waals surface area contributed by atoms with Gasteiger partial charge in [-0.15, -0.1) is 11.8 Å². The summed E-state index contributed by atoms with van der Waals surface area (Å²) in [6.07, 6.45) is 1.37. The summed E-state index contributed by atoms with van der Waals surface area (Å²) in [6.45, 7) is 8.82. The number of carbonyl (C=O) groups is 2. The quantitative estimate of drug-likeness (QED) is 0.213. The number of hydrogen-bond donors (Lipinski definition) is 0. The van der Waals surface area contributed by atoms with Crippen LogP contribution in [0.15, 0.2) is 53.0 Å². The summed E-state index contributed by atoms with van der Waals surface area (Å²) in [6, 6.07) is 14.0. The summed E-state index contributed by atoms with van der Waals surface area (Å²) in [5, 5.41) is 23.4. The number of piperazine rings is 1. The number of hydrogen-bond acceptors (Lipinski definition) is 11. The van der Waals surface area contributed by atoms with Crippen molar-refractivity contribution >= 4 is 45.9 Å². The highest BCUT2D eigenvalue weighted by Crippen LogP contribution is 2.47. The Bertz CT molecular complexity index is 1550. The minimum atomic E-state index is -1.02. The van der Waals surface area contributed by atoms with Crippen molar-refractivity contribution in [2.45, 2.75) is 39.2 Å². The molecule has 13 heteroatoms. The van der Waals surface area contributed by atoms with Crippen LogP contribution in [0.3, 0.4) is 0 Å². The lowest BCUT2D eigenvalue weighted by molar-refractivity contribution is -0.385. The lowest BCUT2D eigenvalue weighted by Gasteiger charge is -2.37. The number of anilines is 1. The molecule has 0 spiro atoms. The number of nitro benzene ring substituents is 1. The largest absolute Gasteiger partial charge is 0.497 e. The number of ether oxygens (including phenoxy) is 3. The van der Waals surface area contributed by atoms with Crippen molar-refractivity contribution in [3.63, 3.8) is 0 Å². The third-order valence-electron chi connectivity index (χ3n) is 7.44. The van der Waals surface area contributed by atoms with Crippen molar-refractivity contribution in [3.8, 4) is 11.8 Å². The zero-order valence-electron chi connectivity index (χ0n) is 26.2. The number of esters is 1. The molecule has 1 saturated heterocycles. The van der Waals surface area contributed by atoms with Gasteiger partial charge < -0.3 is 24.0 Å². The van der Waals surface area contributed by atoms with Gasteiger partial charge in [0, 0.05) is 55.0 Å². The zero-order chi connectivity index (χ0) is 32.9. The van der Waals surface area contributed by atoms with E-state index in [4.69, 9.17) is 19.2 Å². The molecule has 1 amide bonds. The fourth-order valence-electron chi connectivity index (χ4n) is 5.36. The van der Waals surface area contributed by atoms with Crippen LogP contribution in [0.25, 0.3) is 5.70 Å². The van der Waals surface area contributed by atoms with Gasteiger partial charge in [-0.05, 0) is 70.3 Å². The highest BCUT2D eigenvalue weighted by molar-refractivity contribution is 8.13. The highest BCUT2D eigenvalue weighted by atomic mass is 32.2. The van der Waals surface area contributed by atoms with Gasteiger partial charge in [0.1, 0.15) is 17.3 Å². The van der Waals surface area contributed by atoms with E-state index in [2.05, 4.69) is 6.07 Å². The van der Waals surface area contributed by atoms with Gasteiger partial charge in [-0.1, -0.05) is 0 Å². The maximum Gasteiger partial charge on any atom is 0.410 e. The molecule has 2 aromatic carbocycles. The van der Waals surface area contributed by atoms with Crippen LogP contribution in [0, 0.1) is 27.4 Å². The number of carbonyl (C=O) groups excluding carboxylic acids is 2. The SMILES string of the molecule is CCOC(=O)C1=C(c2ccc(OC)cc2)N=C(SC)C(C#N)C1c1ccc(N2CCN(C(=O)OC(C)(C)C)CC2)cc1[N+](=O)[O-]. The molecule has 45 heavy (non-hydrogen) atoms. The predicted molar refractivity (Wildman–Crippen MR) is 172 cm³/mol. The molecule has 0 N–H and O–H groups in total. The van der Waals surface area contributed by atoms with Gasteiger partial charge in [-0.25, -0.2) is 14.6 Å². The Morgan fingerprint density at radius 3 is 2.33 bits per heavy atom. The van der Waals surface area contributed by atoms with Crippen molar-refractivity contribution in [1.29, 1.82) is 5.26 Å². The summed E-state index contributed by atoms with van der Waals surface area (Å²) < 4.78 is 16.2. The lowest BCUT2D eigenvalue weighted by Crippen LogP contribution is -2.50. The molecule has 4 rings (SSSR count). The van der Waals surface area contributed by atoms with Crippen molar-refractivity contribution < 1.29 is 28.7 Å². The topological polar surface area (TPSA) is 148 Å². The van der Waals surface area contributed by atoms with Gasteiger partial charge >= 0.3 is 12.1 Å². The molecule has 12 nitrogen and oxygen atoms in total. The maximum atomic E-state index is 13.6. The van der Waals surface area contributed by atoms with E-state index >= 15 is 0 Å². The molecule has 2 unspecified atom stereocenters. The predicted octanol–water partition coefficient (Wildman–Crippen LogP) is 5.63. The van der Waals surface area contributed by atoms with Gasteiger partial charge in [0.15, 0.2) is 0 Å². The Morgan fingerprint density at radius 2 is 1.80 bits per heavy atom. The number of amides is 1. The summed E-state index contributed by atoms with van der Waals surface area (Å²) >= 11 is 1.25. The number of aliphatic imine (C=N–C) groups is 1.